The van der Waals surface area contributed by atoms with Crippen molar-refractivity contribution in [3.05, 3.63) is 70.7 Å². The van der Waals surface area contributed by atoms with Crippen LogP contribution in [0.25, 0.3) is 11.0 Å². The first-order valence-corrected chi connectivity index (χ1v) is 12.3. The lowest BCUT2D eigenvalue weighted by Crippen LogP contribution is -2.31. The van der Waals surface area contributed by atoms with Crippen LogP contribution < -0.4 is 21.1 Å². The van der Waals surface area contributed by atoms with E-state index in [9.17, 15) is 14.4 Å². The average Bonchev–Trinajstić information content (AvgIpc) is 3.48. The minimum atomic E-state index is -0.348. The summed E-state index contributed by atoms with van der Waals surface area (Å²) in [6.07, 6.45) is 5.94. The molecule has 2 amide bonds. The molecule has 0 atom stereocenters. The third-order valence-corrected chi connectivity index (χ3v) is 7.05. The van der Waals surface area contributed by atoms with E-state index < -0.39 is 0 Å². The third kappa shape index (κ3) is 4.87. The Hall–Kier alpha value is -4.34. The number of hydrogen-bond donors (Lipinski definition) is 3. The number of benzene rings is 2. The number of para-hydroxylation sites is 1. The van der Waals surface area contributed by atoms with Gasteiger partial charge in [0.2, 0.25) is 5.91 Å². The largest absolute Gasteiger partial charge is 0.496 e. The van der Waals surface area contributed by atoms with Gasteiger partial charge >= 0.3 is 5.69 Å². The SMILES string of the molecule is COc1cc(NC(=O)C2CCC(n3c(=O)[nH]c4c(NC(=O)c5cn(C)cn5)cccc43)CC2)ccc1C. The highest BCUT2D eigenvalue weighted by atomic mass is 16.5. The molecule has 0 saturated heterocycles. The number of carbonyl (C=O) groups is 2. The Bertz CT molecular complexity index is 1520. The lowest BCUT2D eigenvalue weighted by Gasteiger charge is -2.28. The van der Waals surface area contributed by atoms with Crippen LogP contribution in [0.4, 0.5) is 11.4 Å². The van der Waals surface area contributed by atoms with Crippen LogP contribution >= 0.6 is 0 Å². The number of nitrogens with one attached hydrogen (secondary N) is 3. The second kappa shape index (κ2) is 9.96. The first-order chi connectivity index (χ1) is 17.8. The standard InChI is InChI=1S/C27H30N6O4/c1-16-7-10-18(13-23(16)37-3)29-25(34)17-8-11-19(12-9-17)33-22-6-4-5-20(24(22)31-27(33)36)30-26(35)21-14-32(2)15-28-21/h4-7,10,13-15,17,19H,8-9,11-12H2,1-3H3,(H,29,34)(H,30,35)(H,31,36). The number of H-pyrrole nitrogens is 1. The van der Waals surface area contributed by atoms with Crippen molar-refractivity contribution in [3.63, 3.8) is 0 Å². The summed E-state index contributed by atoms with van der Waals surface area (Å²) in [5.41, 5.74) is 3.60. The minimum absolute atomic E-state index is 0.0184. The van der Waals surface area contributed by atoms with Gasteiger partial charge in [-0.1, -0.05) is 12.1 Å². The molecule has 4 aromatic rings. The van der Waals surface area contributed by atoms with Gasteiger partial charge in [0.1, 0.15) is 11.4 Å². The summed E-state index contributed by atoms with van der Waals surface area (Å²) < 4.78 is 8.80. The van der Waals surface area contributed by atoms with Gasteiger partial charge in [0.25, 0.3) is 5.91 Å². The van der Waals surface area contributed by atoms with Crippen LogP contribution in [0, 0.1) is 12.8 Å². The van der Waals surface area contributed by atoms with Crippen LogP contribution in [0.15, 0.2) is 53.7 Å². The van der Waals surface area contributed by atoms with E-state index in [1.54, 1.807) is 41.9 Å². The summed E-state index contributed by atoms with van der Waals surface area (Å²) in [6.45, 7) is 1.95. The topological polar surface area (TPSA) is 123 Å². The maximum absolute atomic E-state index is 13.0. The minimum Gasteiger partial charge on any atom is -0.496 e. The van der Waals surface area contributed by atoms with Crippen LogP contribution in [0.2, 0.25) is 0 Å². The Labute approximate surface area is 213 Å². The van der Waals surface area contributed by atoms with Gasteiger partial charge in [0.15, 0.2) is 0 Å². The van der Waals surface area contributed by atoms with Gasteiger partial charge in [0.05, 0.1) is 30.2 Å². The van der Waals surface area contributed by atoms with Crippen molar-refractivity contribution in [2.45, 2.75) is 38.6 Å². The number of nitrogens with zero attached hydrogens (tertiary/aromatic N) is 3. The molecule has 2 aromatic carbocycles. The lowest BCUT2D eigenvalue weighted by atomic mass is 9.85. The number of anilines is 2. The van der Waals surface area contributed by atoms with E-state index in [1.165, 1.54) is 0 Å². The van der Waals surface area contributed by atoms with Gasteiger partial charge in [0, 0.05) is 37.0 Å². The van der Waals surface area contributed by atoms with E-state index >= 15 is 0 Å². The maximum atomic E-state index is 13.0. The zero-order valence-corrected chi connectivity index (χ0v) is 21.1. The van der Waals surface area contributed by atoms with Crippen molar-refractivity contribution in [2.24, 2.45) is 13.0 Å². The maximum Gasteiger partial charge on any atom is 0.326 e. The summed E-state index contributed by atoms with van der Waals surface area (Å²) in [5, 5.41) is 5.86. The Morgan fingerprint density at radius 3 is 2.59 bits per heavy atom. The number of aromatic amines is 1. The van der Waals surface area contributed by atoms with Gasteiger partial charge in [-0.3, -0.25) is 14.2 Å². The molecule has 1 aliphatic carbocycles. The number of fused-ring (bicyclic) bond motifs is 1. The van der Waals surface area contributed by atoms with Crippen LogP contribution in [-0.4, -0.2) is 38.0 Å². The normalized spacial score (nSPS) is 17.5. The fourth-order valence-electron chi connectivity index (χ4n) is 5.07. The Morgan fingerprint density at radius 2 is 1.89 bits per heavy atom. The molecule has 192 valence electrons. The second-order valence-corrected chi connectivity index (χ2v) is 9.56. The number of methoxy groups -OCH3 is 1. The highest BCUT2D eigenvalue weighted by Crippen LogP contribution is 2.35. The molecule has 0 radical (unpaired) electrons. The van der Waals surface area contributed by atoms with E-state index in [-0.39, 0.29) is 29.5 Å². The molecular weight excluding hydrogens is 472 g/mol. The highest BCUT2D eigenvalue weighted by molar-refractivity contribution is 6.06. The number of rotatable bonds is 6. The molecule has 10 heteroatoms. The van der Waals surface area contributed by atoms with E-state index in [4.69, 9.17) is 4.74 Å². The Balaban J connectivity index is 1.28. The number of imidazole rings is 2. The predicted octanol–water partition coefficient (Wildman–Crippen LogP) is 4.00. The smallest absolute Gasteiger partial charge is 0.326 e. The molecule has 0 spiro atoms. The van der Waals surface area contributed by atoms with E-state index in [2.05, 4.69) is 20.6 Å². The van der Waals surface area contributed by atoms with Gasteiger partial charge in [-0.05, 0) is 56.4 Å². The Morgan fingerprint density at radius 1 is 1.11 bits per heavy atom. The number of amides is 2. The van der Waals surface area contributed by atoms with Crippen LogP contribution in [0.3, 0.4) is 0 Å². The fraction of sp³-hybridized carbons (Fsp3) is 0.333. The molecule has 2 aromatic heterocycles. The Kier molecular flexibility index (Phi) is 6.56. The van der Waals surface area contributed by atoms with Gasteiger partial charge < -0.3 is 24.9 Å². The van der Waals surface area contributed by atoms with Crippen molar-refractivity contribution in [2.75, 3.05) is 17.7 Å². The molecule has 1 saturated carbocycles. The zero-order chi connectivity index (χ0) is 26.1. The summed E-state index contributed by atoms with van der Waals surface area (Å²) >= 11 is 0. The first kappa shape index (κ1) is 24.4. The number of aryl methyl sites for hydroxylation is 2. The van der Waals surface area contributed by atoms with Gasteiger partial charge in [-0.15, -0.1) is 0 Å². The highest BCUT2D eigenvalue weighted by Gasteiger charge is 2.29. The molecule has 3 N–H and O–H groups in total. The third-order valence-electron chi connectivity index (χ3n) is 7.05. The molecule has 0 bridgehead atoms. The lowest BCUT2D eigenvalue weighted by molar-refractivity contribution is -0.121. The fourth-order valence-corrected chi connectivity index (χ4v) is 5.07. The first-order valence-electron chi connectivity index (χ1n) is 12.3. The molecule has 1 fully saturated rings. The number of ether oxygens (including phenoxy) is 1. The van der Waals surface area contributed by atoms with Gasteiger partial charge in [-0.25, -0.2) is 9.78 Å². The van der Waals surface area contributed by atoms with E-state index in [0.29, 0.717) is 48.3 Å². The van der Waals surface area contributed by atoms with Crippen molar-refractivity contribution >= 4 is 34.2 Å². The monoisotopic (exact) mass is 502 g/mol. The van der Waals surface area contributed by atoms with Crippen molar-refractivity contribution in [3.8, 4) is 5.75 Å². The molecule has 0 unspecified atom stereocenters. The molecule has 37 heavy (non-hydrogen) atoms. The van der Waals surface area contributed by atoms with Gasteiger partial charge in [-0.2, -0.15) is 0 Å². The van der Waals surface area contributed by atoms with Crippen LogP contribution in [0.5, 0.6) is 5.75 Å². The summed E-state index contributed by atoms with van der Waals surface area (Å²) in [6, 6.07) is 11.0. The molecule has 0 aliphatic heterocycles. The number of aromatic nitrogens is 4. The molecule has 2 heterocycles. The van der Waals surface area contributed by atoms with Crippen LogP contribution in [-0.2, 0) is 11.8 Å². The second-order valence-electron chi connectivity index (χ2n) is 9.56. The number of hydrogen-bond acceptors (Lipinski definition) is 5. The number of carbonyl (C=O) groups excluding carboxylic acids is 2. The molecule has 10 nitrogen and oxygen atoms in total. The van der Waals surface area contributed by atoms with Crippen molar-refractivity contribution in [1.29, 1.82) is 0 Å². The molecule has 5 rings (SSSR count). The quantitative estimate of drug-likeness (QED) is 0.368. The zero-order valence-electron chi connectivity index (χ0n) is 21.1. The predicted molar refractivity (Wildman–Crippen MR) is 141 cm³/mol. The van der Waals surface area contributed by atoms with Crippen molar-refractivity contribution < 1.29 is 14.3 Å². The molecular formula is C27H30N6O4. The van der Waals surface area contributed by atoms with E-state index in [0.717, 1.165) is 16.8 Å². The van der Waals surface area contributed by atoms with Crippen molar-refractivity contribution in [1.82, 2.24) is 19.1 Å². The average molecular weight is 503 g/mol. The summed E-state index contributed by atoms with van der Waals surface area (Å²) in [4.78, 5) is 45.5. The van der Waals surface area contributed by atoms with E-state index in [1.807, 2.05) is 37.3 Å². The van der Waals surface area contributed by atoms with Crippen LogP contribution in [0.1, 0.15) is 47.8 Å². The summed E-state index contributed by atoms with van der Waals surface area (Å²) in [7, 11) is 3.40. The molecule has 1 aliphatic rings. The summed E-state index contributed by atoms with van der Waals surface area (Å²) in [5.74, 6) is 0.239.